The third kappa shape index (κ3) is 3.48. The molecule has 0 radical (unpaired) electrons. The molecule has 0 aliphatic carbocycles. The zero-order chi connectivity index (χ0) is 18.0. The maximum Gasteiger partial charge on any atom is 0.345 e. The van der Waals surface area contributed by atoms with Crippen molar-refractivity contribution in [1.82, 2.24) is 9.78 Å². The Morgan fingerprint density at radius 1 is 1.04 bits per heavy atom. The zero-order valence-electron chi connectivity index (χ0n) is 15.0. The van der Waals surface area contributed by atoms with Crippen LogP contribution in [0.25, 0.3) is 5.69 Å². The summed E-state index contributed by atoms with van der Waals surface area (Å²) in [5.41, 5.74) is 5.52. The first-order valence-electron chi connectivity index (χ1n) is 8.44. The van der Waals surface area contributed by atoms with Gasteiger partial charge in [0.15, 0.2) is 0 Å². The highest BCUT2D eigenvalue weighted by atomic mass is 16.5. The van der Waals surface area contributed by atoms with E-state index in [0.29, 0.717) is 11.4 Å². The van der Waals surface area contributed by atoms with Gasteiger partial charge in [-0.3, -0.25) is 0 Å². The molecule has 0 saturated heterocycles. The van der Waals surface area contributed by atoms with Gasteiger partial charge in [0.05, 0.1) is 16.9 Å². The maximum absolute atomic E-state index is 12.6. The van der Waals surface area contributed by atoms with Gasteiger partial charge in [0.2, 0.25) is 5.88 Å². The summed E-state index contributed by atoms with van der Waals surface area (Å²) in [6.07, 6.45) is 0.771. The summed E-state index contributed by atoms with van der Waals surface area (Å²) in [6, 6.07) is 15.4. The van der Waals surface area contributed by atoms with Crippen LogP contribution in [0.1, 0.15) is 39.7 Å². The van der Waals surface area contributed by atoms with Gasteiger partial charge < -0.3 is 4.74 Å². The number of aryl methyl sites for hydroxylation is 4. The fraction of sp³-hybridized carbons (Fsp3) is 0.238. The predicted octanol–water partition coefficient (Wildman–Crippen LogP) is 4.58. The number of carbonyl (C=O) groups excluding carboxylic acids is 1. The molecule has 0 N–H and O–H groups in total. The van der Waals surface area contributed by atoms with Crippen LogP contribution in [0.5, 0.6) is 5.88 Å². The molecular weight excluding hydrogens is 312 g/mol. The van der Waals surface area contributed by atoms with Crippen LogP contribution in [0.2, 0.25) is 0 Å². The van der Waals surface area contributed by atoms with E-state index in [9.17, 15) is 4.79 Å². The maximum atomic E-state index is 12.6. The summed E-state index contributed by atoms with van der Waals surface area (Å²) in [5.74, 6) is 0.0729. The van der Waals surface area contributed by atoms with E-state index in [0.717, 1.165) is 28.9 Å². The van der Waals surface area contributed by atoms with Crippen molar-refractivity contribution in [1.29, 1.82) is 0 Å². The summed E-state index contributed by atoms with van der Waals surface area (Å²) in [7, 11) is 0. The lowest BCUT2D eigenvalue weighted by molar-refractivity contribution is 0.0722. The monoisotopic (exact) mass is 334 g/mol. The molecular formula is C21H22N2O2. The van der Waals surface area contributed by atoms with E-state index in [-0.39, 0.29) is 5.97 Å². The van der Waals surface area contributed by atoms with Gasteiger partial charge >= 0.3 is 5.97 Å². The Balaban J connectivity index is 2.00. The van der Waals surface area contributed by atoms with Crippen LogP contribution in [-0.4, -0.2) is 15.7 Å². The minimum atomic E-state index is -0.369. The molecule has 0 saturated carbocycles. The molecule has 1 aromatic heterocycles. The highest BCUT2D eigenvalue weighted by molar-refractivity contribution is 5.92. The molecule has 0 aliphatic heterocycles. The van der Waals surface area contributed by atoms with Crippen LogP contribution in [0, 0.1) is 20.8 Å². The van der Waals surface area contributed by atoms with Gasteiger partial charge in [-0.25, -0.2) is 9.48 Å². The number of nitrogens with zero attached hydrogens (tertiary/aromatic N) is 2. The quantitative estimate of drug-likeness (QED) is 0.656. The minimum Gasteiger partial charge on any atom is -0.404 e. The van der Waals surface area contributed by atoms with Crippen LogP contribution in [0.4, 0.5) is 0 Å². The van der Waals surface area contributed by atoms with Crippen molar-refractivity contribution in [2.75, 3.05) is 0 Å². The fourth-order valence-corrected chi connectivity index (χ4v) is 2.82. The first-order valence-corrected chi connectivity index (χ1v) is 8.44. The van der Waals surface area contributed by atoms with Gasteiger partial charge in [-0.15, -0.1) is 0 Å². The number of hydrogen-bond donors (Lipinski definition) is 0. The van der Waals surface area contributed by atoms with Gasteiger partial charge in [-0.1, -0.05) is 42.8 Å². The van der Waals surface area contributed by atoms with Crippen LogP contribution in [-0.2, 0) is 6.42 Å². The normalized spacial score (nSPS) is 10.7. The third-order valence-corrected chi connectivity index (χ3v) is 4.23. The number of rotatable bonds is 4. The van der Waals surface area contributed by atoms with Gasteiger partial charge in [-0.2, -0.15) is 5.10 Å². The Hall–Kier alpha value is -2.88. The largest absolute Gasteiger partial charge is 0.404 e. The van der Waals surface area contributed by atoms with Crippen LogP contribution >= 0.6 is 0 Å². The molecule has 0 bridgehead atoms. The summed E-state index contributed by atoms with van der Waals surface area (Å²) >= 11 is 0. The van der Waals surface area contributed by atoms with E-state index in [1.165, 1.54) is 5.56 Å². The van der Waals surface area contributed by atoms with Crippen molar-refractivity contribution in [2.45, 2.75) is 34.1 Å². The Kier molecular flexibility index (Phi) is 4.70. The molecule has 128 valence electrons. The molecule has 3 rings (SSSR count). The molecule has 0 unspecified atom stereocenters. The average Bonchev–Trinajstić information content (AvgIpc) is 2.98. The van der Waals surface area contributed by atoms with Crippen LogP contribution in [0.15, 0.2) is 48.5 Å². The second-order valence-electron chi connectivity index (χ2n) is 6.23. The Bertz CT molecular complexity index is 925. The number of ether oxygens (including phenoxy) is 1. The summed E-state index contributed by atoms with van der Waals surface area (Å²) < 4.78 is 7.41. The lowest BCUT2D eigenvalue weighted by atomic mass is 10.1. The molecule has 0 amide bonds. The first-order chi connectivity index (χ1) is 12.0. The van der Waals surface area contributed by atoms with E-state index in [1.807, 2.05) is 57.2 Å². The first kappa shape index (κ1) is 17.0. The Morgan fingerprint density at radius 3 is 2.48 bits per heavy atom. The molecule has 3 aromatic rings. The molecule has 0 spiro atoms. The molecule has 2 aromatic carbocycles. The van der Waals surface area contributed by atoms with Crippen molar-refractivity contribution in [3.05, 3.63) is 76.5 Å². The van der Waals surface area contributed by atoms with Gasteiger partial charge in [-0.05, 0) is 50.5 Å². The van der Waals surface area contributed by atoms with Gasteiger partial charge in [0.25, 0.3) is 0 Å². The number of benzene rings is 2. The zero-order valence-corrected chi connectivity index (χ0v) is 15.0. The smallest absolute Gasteiger partial charge is 0.345 e. The van der Waals surface area contributed by atoms with Gasteiger partial charge in [0, 0.05) is 6.07 Å². The van der Waals surface area contributed by atoms with E-state index in [1.54, 1.807) is 10.7 Å². The molecule has 25 heavy (non-hydrogen) atoms. The molecule has 1 heterocycles. The van der Waals surface area contributed by atoms with Crippen molar-refractivity contribution < 1.29 is 9.53 Å². The molecule has 0 atom stereocenters. The fourth-order valence-electron chi connectivity index (χ4n) is 2.82. The minimum absolute atomic E-state index is 0.369. The number of carbonyl (C=O) groups is 1. The lowest BCUT2D eigenvalue weighted by Crippen LogP contribution is -2.13. The lowest BCUT2D eigenvalue weighted by Gasteiger charge is -2.11. The van der Waals surface area contributed by atoms with Crippen molar-refractivity contribution in [2.24, 2.45) is 0 Å². The number of aromatic nitrogens is 2. The average molecular weight is 334 g/mol. The van der Waals surface area contributed by atoms with Crippen molar-refractivity contribution in [3.63, 3.8) is 0 Å². The van der Waals surface area contributed by atoms with Crippen LogP contribution < -0.4 is 4.74 Å². The summed E-state index contributed by atoms with van der Waals surface area (Å²) in [6.45, 7) is 8.01. The van der Waals surface area contributed by atoms with E-state index in [4.69, 9.17) is 4.74 Å². The highest BCUT2D eigenvalue weighted by Crippen LogP contribution is 2.24. The summed E-state index contributed by atoms with van der Waals surface area (Å²) in [4.78, 5) is 12.6. The molecule has 4 nitrogen and oxygen atoms in total. The standard InChI is InChI=1S/C21H22N2O2/c1-5-17-13-20(25-21(24)18-9-7-6-8-15(18)3)23(22-17)19-11-10-14(2)12-16(19)4/h6-13H,5H2,1-4H3. The number of hydrogen-bond acceptors (Lipinski definition) is 3. The van der Waals surface area contributed by atoms with E-state index >= 15 is 0 Å². The SMILES string of the molecule is CCc1cc(OC(=O)c2ccccc2C)n(-c2ccc(C)cc2C)n1. The Morgan fingerprint density at radius 2 is 1.80 bits per heavy atom. The second-order valence-corrected chi connectivity index (χ2v) is 6.23. The second kappa shape index (κ2) is 6.93. The molecule has 0 fully saturated rings. The predicted molar refractivity (Wildman–Crippen MR) is 98.6 cm³/mol. The number of esters is 1. The van der Waals surface area contributed by atoms with E-state index in [2.05, 4.69) is 18.1 Å². The Labute approximate surface area is 148 Å². The van der Waals surface area contributed by atoms with E-state index < -0.39 is 0 Å². The van der Waals surface area contributed by atoms with Crippen LogP contribution in [0.3, 0.4) is 0 Å². The summed E-state index contributed by atoms with van der Waals surface area (Å²) in [5, 5.41) is 4.60. The molecule has 4 heteroatoms. The van der Waals surface area contributed by atoms with Gasteiger partial charge in [0.1, 0.15) is 0 Å². The van der Waals surface area contributed by atoms with Crippen molar-refractivity contribution >= 4 is 5.97 Å². The highest BCUT2D eigenvalue weighted by Gasteiger charge is 2.17. The molecule has 0 aliphatic rings. The topological polar surface area (TPSA) is 44.1 Å². The third-order valence-electron chi connectivity index (χ3n) is 4.23. The van der Waals surface area contributed by atoms with Crippen molar-refractivity contribution in [3.8, 4) is 11.6 Å².